The molecule has 124 valence electrons. The molecule has 2 N–H and O–H groups in total. The van der Waals surface area contributed by atoms with E-state index in [1.807, 2.05) is 6.92 Å². The summed E-state index contributed by atoms with van der Waals surface area (Å²) in [6.45, 7) is 5.80. The lowest BCUT2D eigenvalue weighted by atomic mass is 10.1. The van der Waals surface area contributed by atoms with Crippen LogP contribution in [0.4, 0.5) is 0 Å². The van der Waals surface area contributed by atoms with Crippen LogP contribution >= 0.6 is 0 Å². The van der Waals surface area contributed by atoms with Crippen LogP contribution < -0.4 is 10.0 Å². The average molecular weight is 320 g/mol. The van der Waals surface area contributed by atoms with Crippen molar-refractivity contribution in [3.8, 4) is 0 Å². The first-order valence-electron chi connectivity index (χ1n) is 7.48. The van der Waals surface area contributed by atoms with Gasteiger partial charge in [-0.15, -0.1) is 0 Å². The summed E-state index contributed by atoms with van der Waals surface area (Å²) < 4.78 is 30.0. The predicted octanol–water partition coefficient (Wildman–Crippen LogP) is 0.00200. The number of nitrogens with one attached hydrogen (secondary N) is 2. The molecule has 7 nitrogen and oxygen atoms in total. The van der Waals surface area contributed by atoms with Gasteiger partial charge in [0.2, 0.25) is 10.0 Å². The van der Waals surface area contributed by atoms with Crippen molar-refractivity contribution >= 4 is 16.0 Å². The minimum Gasteiger partial charge on any atom is -0.378 e. The number of ether oxygens (including phenoxy) is 1. The smallest absolute Gasteiger partial charge is 0.208 e. The molecular formula is C13H28N4O3S. The van der Waals surface area contributed by atoms with E-state index in [-0.39, 0.29) is 0 Å². The highest BCUT2D eigenvalue weighted by molar-refractivity contribution is 7.88. The topological polar surface area (TPSA) is 83.0 Å². The second kappa shape index (κ2) is 9.22. The Balaban J connectivity index is 2.24. The zero-order chi connectivity index (χ0) is 15.7. The molecular weight excluding hydrogens is 292 g/mol. The molecule has 0 aliphatic carbocycles. The molecule has 0 radical (unpaired) electrons. The van der Waals surface area contributed by atoms with Crippen LogP contribution in [0.25, 0.3) is 0 Å². The molecule has 0 saturated carbocycles. The minimum absolute atomic E-state index is 0.364. The van der Waals surface area contributed by atoms with Crippen molar-refractivity contribution in [3.05, 3.63) is 0 Å². The van der Waals surface area contributed by atoms with Crippen molar-refractivity contribution < 1.29 is 13.2 Å². The summed E-state index contributed by atoms with van der Waals surface area (Å²) in [7, 11) is -1.33. The van der Waals surface area contributed by atoms with Gasteiger partial charge in [-0.3, -0.25) is 4.99 Å². The molecule has 0 aromatic carbocycles. The van der Waals surface area contributed by atoms with Gasteiger partial charge in [-0.25, -0.2) is 13.1 Å². The minimum atomic E-state index is -3.09. The number of likely N-dealkylation sites (tertiary alicyclic amines) is 1. The standard InChI is InChI=1S/C13H28N4O3S/c1-4-20-12-6-10-17(11-7-12)13(14-2)15-8-5-9-16-21(3,18)19/h12,16H,4-11H2,1-3H3,(H,14,15). The van der Waals surface area contributed by atoms with Crippen LogP contribution in [0, 0.1) is 0 Å². The van der Waals surface area contributed by atoms with Gasteiger partial charge >= 0.3 is 0 Å². The molecule has 1 heterocycles. The molecule has 1 saturated heterocycles. The van der Waals surface area contributed by atoms with Crippen LogP contribution in [-0.4, -0.2) is 71.5 Å². The monoisotopic (exact) mass is 320 g/mol. The molecule has 0 amide bonds. The lowest BCUT2D eigenvalue weighted by molar-refractivity contribution is 0.0264. The maximum Gasteiger partial charge on any atom is 0.208 e. The number of sulfonamides is 1. The summed E-state index contributed by atoms with van der Waals surface area (Å²) in [5.74, 6) is 0.879. The fourth-order valence-corrected chi connectivity index (χ4v) is 2.86. The third-order valence-electron chi connectivity index (χ3n) is 3.36. The van der Waals surface area contributed by atoms with E-state index in [2.05, 4.69) is 19.9 Å². The van der Waals surface area contributed by atoms with Gasteiger partial charge in [0.25, 0.3) is 0 Å². The molecule has 1 aliphatic rings. The molecule has 0 unspecified atom stereocenters. The van der Waals surface area contributed by atoms with E-state index in [4.69, 9.17) is 4.74 Å². The molecule has 1 fully saturated rings. The van der Waals surface area contributed by atoms with Crippen molar-refractivity contribution in [2.45, 2.75) is 32.3 Å². The van der Waals surface area contributed by atoms with Gasteiger partial charge in [0.05, 0.1) is 12.4 Å². The molecule has 1 rings (SSSR count). The largest absolute Gasteiger partial charge is 0.378 e. The SMILES string of the molecule is CCOC1CCN(C(=NC)NCCCNS(C)(=O)=O)CC1. The van der Waals surface area contributed by atoms with Crippen molar-refractivity contribution in [3.63, 3.8) is 0 Å². The summed E-state index contributed by atoms with van der Waals surface area (Å²) in [4.78, 5) is 6.50. The normalized spacial score (nSPS) is 18.0. The molecule has 1 aliphatic heterocycles. The van der Waals surface area contributed by atoms with Crippen molar-refractivity contribution in [1.82, 2.24) is 14.9 Å². The average Bonchev–Trinajstić information content (AvgIpc) is 2.43. The fourth-order valence-electron chi connectivity index (χ4n) is 2.35. The first kappa shape index (κ1) is 18.2. The zero-order valence-corrected chi connectivity index (χ0v) is 14.1. The number of hydrogen-bond donors (Lipinski definition) is 2. The Morgan fingerprint density at radius 1 is 1.33 bits per heavy atom. The van der Waals surface area contributed by atoms with Gasteiger partial charge in [-0.2, -0.15) is 0 Å². The van der Waals surface area contributed by atoms with E-state index < -0.39 is 10.0 Å². The lowest BCUT2D eigenvalue weighted by Crippen LogP contribution is -2.47. The number of rotatable bonds is 7. The Bertz CT molecular complexity index is 417. The van der Waals surface area contributed by atoms with Crippen LogP contribution in [0.1, 0.15) is 26.2 Å². The fraction of sp³-hybridized carbons (Fsp3) is 0.923. The van der Waals surface area contributed by atoms with E-state index in [1.54, 1.807) is 7.05 Å². The van der Waals surface area contributed by atoms with Gasteiger partial charge < -0.3 is 15.0 Å². The van der Waals surface area contributed by atoms with E-state index in [9.17, 15) is 8.42 Å². The van der Waals surface area contributed by atoms with E-state index in [0.717, 1.165) is 44.9 Å². The molecule has 0 spiro atoms. The van der Waals surface area contributed by atoms with Gasteiger partial charge in [0, 0.05) is 39.8 Å². The Morgan fingerprint density at radius 3 is 2.52 bits per heavy atom. The number of aliphatic imine (C=N–C) groups is 1. The van der Waals surface area contributed by atoms with Crippen molar-refractivity contribution in [2.24, 2.45) is 4.99 Å². The number of hydrogen-bond acceptors (Lipinski definition) is 4. The summed E-state index contributed by atoms with van der Waals surface area (Å²) in [5, 5.41) is 3.27. The summed E-state index contributed by atoms with van der Waals surface area (Å²) in [6, 6.07) is 0. The highest BCUT2D eigenvalue weighted by Crippen LogP contribution is 2.13. The summed E-state index contributed by atoms with van der Waals surface area (Å²) in [6.07, 6.45) is 4.29. The molecule has 21 heavy (non-hydrogen) atoms. The van der Waals surface area contributed by atoms with Gasteiger partial charge in [-0.05, 0) is 26.2 Å². The second-order valence-electron chi connectivity index (χ2n) is 5.14. The zero-order valence-electron chi connectivity index (χ0n) is 13.3. The predicted molar refractivity (Wildman–Crippen MR) is 85.0 cm³/mol. The van der Waals surface area contributed by atoms with Crippen molar-refractivity contribution in [2.75, 3.05) is 46.1 Å². The first-order valence-corrected chi connectivity index (χ1v) is 9.37. The quantitative estimate of drug-likeness (QED) is 0.392. The Kier molecular flexibility index (Phi) is 7.98. The number of piperidine rings is 1. The molecule has 8 heteroatoms. The number of nitrogens with zero attached hydrogens (tertiary/aromatic N) is 2. The maximum atomic E-state index is 10.9. The van der Waals surface area contributed by atoms with E-state index in [1.165, 1.54) is 6.26 Å². The third kappa shape index (κ3) is 7.63. The molecule has 0 bridgehead atoms. The maximum absolute atomic E-state index is 10.9. The van der Waals surface area contributed by atoms with Crippen LogP contribution in [0.5, 0.6) is 0 Å². The Hall–Kier alpha value is -0.860. The molecule has 0 aromatic heterocycles. The van der Waals surface area contributed by atoms with Gasteiger partial charge in [0.15, 0.2) is 5.96 Å². The highest BCUT2D eigenvalue weighted by atomic mass is 32.2. The highest BCUT2D eigenvalue weighted by Gasteiger charge is 2.21. The Labute approximate surface area is 128 Å². The third-order valence-corrected chi connectivity index (χ3v) is 4.09. The number of guanidine groups is 1. The molecule has 0 atom stereocenters. The van der Waals surface area contributed by atoms with E-state index in [0.29, 0.717) is 19.2 Å². The summed E-state index contributed by atoms with van der Waals surface area (Å²) in [5.41, 5.74) is 0. The summed E-state index contributed by atoms with van der Waals surface area (Å²) >= 11 is 0. The Morgan fingerprint density at radius 2 is 2.00 bits per heavy atom. The van der Waals surface area contributed by atoms with Crippen LogP contribution in [0.15, 0.2) is 4.99 Å². The second-order valence-corrected chi connectivity index (χ2v) is 6.97. The van der Waals surface area contributed by atoms with Crippen LogP contribution in [0.3, 0.4) is 0 Å². The van der Waals surface area contributed by atoms with Gasteiger partial charge in [0.1, 0.15) is 0 Å². The first-order chi connectivity index (χ1) is 9.96. The van der Waals surface area contributed by atoms with Crippen LogP contribution in [0.2, 0.25) is 0 Å². The lowest BCUT2D eigenvalue weighted by Gasteiger charge is -2.34. The van der Waals surface area contributed by atoms with Crippen LogP contribution in [-0.2, 0) is 14.8 Å². The van der Waals surface area contributed by atoms with Crippen molar-refractivity contribution in [1.29, 1.82) is 0 Å². The molecule has 0 aromatic rings. The van der Waals surface area contributed by atoms with Gasteiger partial charge in [-0.1, -0.05) is 0 Å². The van der Waals surface area contributed by atoms with E-state index >= 15 is 0 Å².